The van der Waals surface area contributed by atoms with E-state index in [1.54, 1.807) is 24.3 Å². The fourth-order valence-electron chi connectivity index (χ4n) is 1.30. The minimum Gasteiger partial charge on any atom is -0.340 e. The predicted molar refractivity (Wildman–Crippen MR) is 59.3 cm³/mol. The summed E-state index contributed by atoms with van der Waals surface area (Å²) in [4.78, 5) is 14.6. The number of pyridine rings is 1. The van der Waals surface area contributed by atoms with Crippen molar-refractivity contribution in [2.24, 2.45) is 0 Å². The van der Waals surface area contributed by atoms with Crippen LogP contribution in [0.1, 0.15) is 10.4 Å². The Morgan fingerprint density at radius 2 is 2.12 bits per heavy atom. The molecule has 1 aromatic carbocycles. The Bertz CT molecular complexity index is 514. The van der Waals surface area contributed by atoms with Crippen LogP contribution in [0.5, 0.6) is 0 Å². The van der Waals surface area contributed by atoms with Crippen LogP contribution in [0.25, 0.3) is 0 Å². The molecule has 0 amide bonds. The molecule has 2 aromatic rings. The van der Waals surface area contributed by atoms with Gasteiger partial charge in [0.15, 0.2) is 0 Å². The molecule has 0 aliphatic carbocycles. The number of aldehydes is 1. The van der Waals surface area contributed by atoms with Crippen LogP contribution in [0.2, 0.25) is 0 Å². The number of carbonyl (C=O) groups is 1. The molecule has 2 rings (SSSR count). The van der Waals surface area contributed by atoms with Gasteiger partial charge in [-0.1, -0.05) is 6.07 Å². The van der Waals surface area contributed by atoms with Gasteiger partial charge in [-0.25, -0.2) is 9.37 Å². The van der Waals surface area contributed by atoms with Crippen molar-refractivity contribution in [1.82, 2.24) is 4.98 Å². The van der Waals surface area contributed by atoms with Crippen LogP contribution in [0.15, 0.2) is 42.6 Å². The van der Waals surface area contributed by atoms with E-state index < -0.39 is 0 Å². The second-order valence-corrected chi connectivity index (χ2v) is 3.23. The van der Waals surface area contributed by atoms with Crippen molar-refractivity contribution >= 4 is 17.8 Å². The Labute approximate surface area is 92.0 Å². The molecule has 0 aliphatic rings. The summed E-state index contributed by atoms with van der Waals surface area (Å²) in [6.07, 6.45) is 2.25. The van der Waals surface area contributed by atoms with E-state index in [2.05, 4.69) is 10.3 Å². The zero-order valence-corrected chi connectivity index (χ0v) is 8.35. The number of carbonyl (C=O) groups excluding carboxylic acids is 1. The number of anilines is 2. The fraction of sp³-hybridized carbons (Fsp3) is 0. The molecule has 0 fully saturated rings. The van der Waals surface area contributed by atoms with E-state index in [1.807, 2.05) is 0 Å². The van der Waals surface area contributed by atoms with Crippen molar-refractivity contribution in [3.05, 3.63) is 54.0 Å². The Hall–Kier alpha value is -2.23. The molecular weight excluding hydrogens is 207 g/mol. The Morgan fingerprint density at radius 3 is 2.88 bits per heavy atom. The molecule has 0 aliphatic heterocycles. The molecule has 0 saturated heterocycles. The van der Waals surface area contributed by atoms with E-state index in [4.69, 9.17) is 0 Å². The van der Waals surface area contributed by atoms with Gasteiger partial charge in [0.05, 0.1) is 0 Å². The number of nitrogens with one attached hydrogen (secondary N) is 1. The largest absolute Gasteiger partial charge is 0.340 e. The van der Waals surface area contributed by atoms with Crippen LogP contribution >= 0.6 is 0 Å². The Kier molecular flexibility index (Phi) is 2.91. The van der Waals surface area contributed by atoms with Crippen LogP contribution < -0.4 is 5.32 Å². The van der Waals surface area contributed by atoms with Crippen molar-refractivity contribution in [1.29, 1.82) is 0 Å². The number of rotatable bonds is 3. The summed E-state index contributed by atoms with van der Waals surface area (Å²) >= 11 is 0. The summed E-state index contributed by atoms with van der Waals surface area (Å²) in [5, 5.41) is 2.91. The SMILES string of the molecule is O=Cc1ccnc(Nc2cccc(F)c2)c1. The van der Waals surface area contributed by atoms with Gasteiger partial charge in [0.25, 0.3) is 0 Å². The second kappa shape index (κ2) is 4.53. The van der Waals surface area contributed by atoms with Crippen molar-refractivity contribution in [3.63, 3.8) is 0 Å². The number of nitrogens with zero attached hydrogens (tertiary/aromatic N) is 1. The molecule has 1 aromatic heterocycles. The molecule has 1 heterocycles. The van der Waals surface area contributed by atoms with Gasteiger partial charge in [-0.15, -0.1) is 0 Å². The highest BCUT2D eigenvalue weighted by atomic mass is 19.1. The first kappa shape index (κ1) is 10.3. The maximum absolute atomic E-state index is 12.9. The lowest BCUT2D eigenvalue weighted by Gasteiger charge is -2.05. The second-order valence-electron chi connectivity index (χ2n) is 3.23. The molecule has 80 valence electrons. The van der Waals surface area contributed by atoms with Crippen LogP contribution in [0.3, 0.4) is 0 Å². The number of halogens is 1. The molecular formula is C12H9FN2O. The van der Waals surface area contributed by atoms with E-state index in [1.165, 1.54) is 18.3 Å². The average Bonchev–Trinajstić information content (AvgIpc) is 2.29. The van der Waals surface area contributed by atoms with Gasteiger partial charge in [0.2, 0.25) is 0 Å². The van der Waals surface area contributed by atoms with Crippen molar-refractivity contribution in [2.75, 3.05) is 5.32 Å². The van der Waals surface area contributed by atoms with Gasteiger partial charge in [-0.05, 0) is 30.3 Å². The smallest absolute Gasteiger partial charge is 0.150 e. The van der Waals surface area contributed by atoms with Gasteiger partial charge in [0, 0.05) is 17.4 Å². The topological polar surface area (TPSA) is 42.0 Å². The molecule has 0 saturated carbocycles. The van der Waals surface area contributed by atoms with Crippen LogP contribution in [-0.2, 0) is 0 Å². The van der Waals surface area contributed by atoms with Crippen molar-refractivity contribution in [2.45, 2.75) is 0 Å². The van der Waals surface area contributed by atoms with E-state index in [9.17, 15) is 9.18 Å². The number of hydrogen-bond donors (Lipinski definition) is 1. The summed E-state index contributed by atoms with van der Waals surface area (Å²) in [7, 11) is 0. The zero-order valence-electron chi connectivity index (χ0n) is 8.35. The van der Waals surface area contributed by atoms with Crippen molar-refractivity contribution in [3.8, 4) is 0 Å². The number of benzene rings is 1. The molecule has 0 spiro atoms. The zero-order chi connectivity index (χ0) is 11.4. The number of hydrogen-bond acceptors (Lipinski definition) is 3. The van der Waals surface area contributed by atoms with Crippen LogP contribution in [-0.4, -0.2) is 11.3 Å². The minimum absolute atomic E-state index is 0.323. The maximum Gasteiger partial charge on any atom is 0.150 e. The maximum atomic E-state index is 12.9. The molecule has 3 nitrogen and oxygen atoms in total. The molecule has 4 heteroatoms. The van der Waals surface area contributed by atoms with Crippen LogP contribution in [0, 0.1) is 5.82 Å². The number of aromatic nitrogens is 1. The monoisotopic (exact) mass is 216 g/mol. The van der Waals surface area contributed by atoms with Crippen LogP contribution in [0.4, 0.5) is 15.9 Å². The van der Waals surface area contributed by atoms with Crippen molar-refractivity contribution < 1.29 is 9.18 Å². The highest BCUT2D eigenvalue weighted by molar-refractivity contribution is 5.76. The molecule has 16 heavy (non-hydrogen) atoms. The summed E-state index contributed by atoms with van der Waals surface area (Å²) in [6.45, 7) is 0. The minimum atomic E-state index is -0.323. The summed E-state index contributed by atoms with van der Waals surface area (Å²) in [5.74, 6) is 0.187. The Morgan fingerprint density at radius 1 is 1.25 bits per heavy atom. The van der Waals surface area contributed by atoms with E-state index in [0.717, 1.165) is 6.29 Å². The molecule has 0 atom stereocenters. The first-order valence-corrected chi connectivity index (χ1v) is 4.72. The fourth-order valence-corrected chi connectivity index (χ4v) is 1.30. The van der Waals surface area contributed by atoms with E-state index in [0.29, 0.717) is 17.1 Å². The van der Waals surface area contributed by atoms with E-state index in [-0.39, 0.29) is 5.82 Å². The molecule has 1 N–H and O–H groups in total. The highest BCUT2D eigenvalue weighted by Gasteiger charge is 1.98. The third-order valence-electron chi connectivity index (χ3n) is 2.02. The molecule has 0 radical (unpaired) electrons. The lowest BCUT2D eigenvalue weighted by Crippen LogP contribution is -1.94. The molecule has 0 bridgehead atoms. The lowest BCUT2D eigenvalue weighted by atomic mass is 10.2. The Balaban J connectivity index is 2.23. The summed E-state index contributed by atoms with van der Waals surface area (Å²) in [5.41, 5.74) is 1.12. The summed E-state index contributed by atoms with van der Waals surface area (Å²) in [6, 6.07) is 9.23. The van der Waals surface area contributed by atoms with Gasteiger partial charge in [0.1, 0.15) is 17.9 Å². The first-order chi connectivity index (χ1) is 7.78. The van der Waals surface area contributed by atoms with Gasteiger partial charge >= 0.3 is 0 Å². The van der Waals surface area contributed by atoms with Gasteiger partial charge in [-0.3, -0.25) is 4.79 Å². The third kappa shape index (κ3) is 2.42. The third-order valence-corrected chi connectivity index (χ3v) is 2.02. The average molecular weight is 216 g/mol. The summed E-state index contributed by atoms with van der Waals surface area (Å²) < 4.78 is 12.9. The normalized spacial score (nSPS) is 9.81. The standard InChI is InChI=1S/C12H9FN2O/c13-10-2-1-3-11(7-10)15-12-6-9(8-16)4-5-14-12/h1-8H,(H,14,15). The quantitative estimate of drug-likeness (QED) is 0.802. The van der Waals surface area contributed by atoms with Gasteiger partial charge in [-0.2, -0.15) is 0 Å². The first-order valence-electron chi connectivity index (χ1n) is 4.72. The van der Waals surface area contributed by atoms with Gasteiger partial charge < -0.3 is 5.32 Å². The lowest BCUT2D eigenvalue weighted by molar-refractivity contribution is 0.112. The highest BCUT2D eigenvalue weighted by Crippen LogP contribution is 2.15. The van der Waals surface area contributed by atoms with E-state index >= 15 is 0 Å². The predicted octanol–water partition coefficient (Wildman–Crippen LogP) is 2.78. The molecule has 0 unspecified atom stereocenters.